The van der Waals surface area contributed by atoms with E-state index in [4.69, 9.17) is 5.11 Å². The molecule has 0 saturated carbocycles. The molecule has 3 N–H and O–H groups in total. The maximum absolute atomic E-state index is 10.5. The van der Waals surface area contributed by atoms with Crippen LogP contribution in [0.1, 0.15) is 13.3 Å². The normalized spacial score (nSPS) is 13.0. The first-order valence-corrected chi connectivity index (χ1v) is 5.06. The highest BCUT2D eigenvalue weighted by Gasteiger charge is 2.11. The zero-order valence-electron chi connectivity index (χ0n) is 8.06. The van der Waals surface area contributed by atoms with Gasteiger partial charge in [0.15, 0.2) is 0 Å². The standard InChI is InChI=1S/C5H12O5S.CH5N/c1-3-5(6)4-10-11(7,8)9-2;1-2/h5-6H,3-4H2,1-2H3;2H2,1H3. The molecule has 6 nitrogen and oxygen atoms in total. The van der Waals surface area contributed by atoms with Gasteiger partial charge in [0, 0.05) is 0 Å². The molecule has 13 heavy (non-hydrogen) atoms. The lowest BCUT2D eigenvalue weighted by atomic mass is 10.3. The van der Waals surface area contributed by atoms with Crippen LogP contribution in [0.15, 0.2) is 0 Å². The summed E-state index contributed by atoms with van der Waals surface area (Å²) in [7, 11) is -1.39. The Labute approximate surface area is 79.0 Å². The zero-order chi connectivity index (χ0) is 10.9. The monoisotopic (exact) mass is 215 g/mol. The fourth-order valence-corrected chi connectivity index (χ4v) is 0.748. The van der Waals surface area contributed by atoms with E-state index in [0.717, 1.165) is 7.11 Å². The van der Waals surface area contributed by atoms with Crippen LogP contribution in [0.3, 0.4) is 0 Å². The minimum absolute atomic E-state index is 0.257. The van der Waals surface area contributed by atoms with Crippen molar-refractivity contribution in [2.45, 2.75) is 19.4 Å². The molecule has 1 unspecified atom stereocenters. The van der Waals surface area contributed by atoms with Gasteiger partial charge in [0.2, 0.25) is 0 Å². The maximum atomic E-state index is 10.5. The van der Waals surface area contributed by atoms with E-state index in [2.05, 4.69) is 14.1 Å². The highest BCUT2D eigenvalue weighted by Crippen LogP contribution is 1.97. The number of hydrogen-bond acceptors (Lipinski definition) is 6. The minimum Gasteiger partial charge on any atom is -0.391 e. The SMILES string of the molecule is CCC(O)COS(=O)(=O)OC.CN. The third kappa shape index (κ3) is 9.71. The molecule has 0 amide bonds. The van der Waals surface area contributed by atoms with Crippen LogP contribution in [0.25, 0.3) is 0 Å². The van der Waals surface area contributed by atoms with Gasteiger partial charge < -0.3 is 10.8 Å². The summed E-state index contributed by atoms with van der Waals surface area (Å²) in [6.45, 7) is 1.46. The molecule has 0 aliphatic heterocycles. The molecule has 7 heteroatoms. The number of aliphatic hydroxyl groups is 1. The summed E-state index contributed by atoms with van der Waals surface area (Å²) in [6, 6.07) is 0. The van der Waals surface area contributed by atoms with Gasteiger partial charge in [0.25, 0.3) is 0 Å². The van der Waals surface area contributed by atoms with Crippen LogP contribution in [0.5, 0.6) is 0 Å². The van der Waals surface area contributed by atoms with Crippen LogP contribution in [-0.4, -0.2) is 40.4 Å². The average molecular weight is 215 g/mol. The van der Waals surface area contributed by atoms with Crippen LogP contribution < -0.4 is 5.73 Å². The maximum Gasteiger partial charge on any atom is 0.399 e. The van der Waals surface area contributed by atoms with Gasteiger partial charge in [0.05, 0.1) is 19.8 Å². The van der Waals surface area contributed by atoms with Crippen molar-refractivity contribution in [2.75, 3.05) is 20.8 Å². The summed E-state index contributed by atoms with van der Waals surface area (Å²) < 4.78 is 29.1. The Kier molecular flexibility index (Phi) is 9.86. The molecule has 0 aliphatic rings. The summed E-state index contributed by atoms with van der Waals surface area (Å²) >= 11 is 0. The third-order valence-corrected chi connectivity index (χ3v) is 1.91. The van der Waals surface area contributed by atoms with Crippen molar-refractivity contribution in [1.82, 2.24) is 0 Å². The molecule has 1 atom stereocenters. The van der Waals surface area contributed by atoms with Gasteiger partial charge >= 0.3 is 10.4 Å². The zero-order valence-corrected chi connectivity index (χ0v) is 8.87. The van der Waals surface area contributed by atoms with Crippen molar-refractivity contribution in [2.24, 2.45) is 5.73 Å². The minimum atomic E-state index is -3.88. The van der Waals surface area contributed by atoms with Gasteiger partial charge in [-0.2, -0.15) is 8.42 Å². The van der Waals surface area contributed by atoms with Gasteiger partial charge in [-0.3, -0.25) is 4.18 Å². The second-order valence-corrected chi connectivity index (χ2v) is 3.31. The highest BCUT2D eigenvalue weighted by atomic mass is 32.3. The Morgan fingerprint density at radius 2 is 1.92 bits per heavy atom. The van der Waals surface area contributed by atoms with Crippen molar-refractivity contribution < 1.29 is 21.9 Å². The Hall–Kier alpha value is -0.210. The van der Waals surface area contributed by atoms with Crippen molar-refractivity contribution in [3.63, 3.8) is 0 Å². The van der Waals surface area contributed by atoms with E-state index in [1.165, 1.54) is 7.05 Å². The molecule has 0 aromatic carbocycles. The molecule has 0 fully saturated rings. The van der Waals surface area contributed by atoms with Crippen LogP contribution in [-0.2, 0) is 18.8 Å². The van der Waals surface area contributed by atoms with Gasteiger partial charge in [-0.1, -0.05) is 6.92 Å². The van der Waals surface area contributed by atoms with Gasteiger partial charge in [-0.15, -0.1) is 0 Å². The van der Waals surface area contributed by atoms with E-state index >= 15 is 0 Å². The number of hydrogen-bond donors (Lipinski definition) is 2. The highest BCUT2D eigenvalue weighted by molar-refractivity contribution is 7.81. The molecule has 0 aromatic rings. The quantitative estimate of drug-likeness (QED) is 0.625. The summed E-state index contributed by atoms with van der Waals surface area (Å²) in [5.41, 5.74) is 4.50. The van der Waals surface area contributed by atoms with E-state index in [1.54, 1.807) is 6.92 Å². The lowest BCUT2D eigenvalue weighted by molar-refractivity contribution is 0.0971. The van der Waals surface area contributed by atoms with Gasteiger partial charge in [0.1, 0.15) is 0 Å². The van der Waals surface area contributed by atoms with Crippen LogP contribution >= 0.6 is 0 Å². The van der Waals surface area contributed by atoms with E-state index in [-0.39, 0.29) is 6.61 Å². The molecule has 0 heterocycles. The average Bonchev–Trinajstić information content (AvgIpc) is 2.17. The molecule has 0 radical (unpaired) electrons. The molecule has 0 rings (SSSR count). The van der Waals surface area contributed by atoms with E-state index in [1.807, 2.05) is 0 Å². The van der Waals surface area contributed by atoms with Gasteiger partial charge in [-0.25, -0.2) is 4.18 Å². The number of aliphatic hydroxyl groups excluding tert-OH is 1. The molecule has 0 spiro atoms. The third-order valence-electron chi connectivity index (χ3n) is 1.08. The largest absolute Gasteiger partial charge is 0.399 e. The van der Waals surface area contributed by atoms with Crippen LogP contribution in [0.2, 0.25) is 0 Å². The molecular formula is C6H17NO5S. The van der Waals surface area contributed by atoms with Crippen molar-refractivity contribution in [3.05, 3.63) is 0 Å². The summed E-state index contributed by atoms with van der Waals surface area (Å²) in [6.07, 6.45) is -0.320. The first-order valence-electron chi connectivity index (χ1n) is 3.72. The topological polar surface area (TPSA) is 98.8 Å². The fourth-order valence-electron chi connectivity index (χ4n) is 0.328. The van der Waals surface area contributed by atoms with Crippen molar-refractivity contribution >= 4 is 10.4 Å². The molecule has 0 saturated heterocycles. The number of rotatable bonds is 5. The second-order valence-electron chi connectivity index (χ2n) is 1.92. The Balaban J connectivity index is 0. The molecule has 0 bridgehead atoms. The van der Waals surface area contributed by atoms with Crippen LogP contribution in [0, 0.1) is 0 Å². The second kappa shape index (κ2) is 8.39. The summed E-state index contributed by atoms with van der Waals surface area (Å²) in [5.74, 6) is 0. The molecule has 82 valence electrons. The van der Waals surface area contributed by atoms with Gasteiger partial charge in [-0.05, 0) is 13.5 Å². The van der Waals surface area contributed by atoms with E-state index < -0.39 is 16.5 Å². The fraction of sp³-hybridized carbons (Fsp3) is 1.00. The summed E-state index contributed by atoms with van der Waals surface area (Å²) in [4.78, 5) is 0. The predicted molar refractivity (Wildman–Crippen MR) is 48.3 cm³/mol. The summed E-state index contributed by atoms with van der Waals surface area (Å²) in [5, 5.41) is 8.87. The Morgan fingerprint density at radius 1 is 1.46 bits per heavy atom. The lowest BCUT2D eigenvalue weighted by Crippen LogP contribution is -2.18. The van der Waals surface area contributed by atoms with E-state index in [9.17, 15) is 8.42 Å². The Bertz CT molecular complexity index is 191. The van der Waals surface area contributed by atoms with Crippen molar-refractivity contribution in [3.8, 4) is 0 Å². The lowest BCUT2D eigenvalue weighted by Gasteiger charge is -2.06. The first-order chi connectivity index (χ1) is 6.02. The first kappa shape index (κ1) is 15.3. The van der Waals surface area contributed by atoms with Crippen LogP contribution in [0.4, 0.5) is 0 Å². The van der Waals surface area contributed by atoms with E-state index in [0.29, 0.717) is 6.42 Å². The molecule has 0 aromatic heterocycles. The smallest absolute Gasteiger partial charge is 0.391 e. The van der Waals surface area contributed by atoms with Crippen molar-refractivity contribution in [1.29, 1.82) is 0 Å². The molecule has 0 aliphatic carbocycles. The molecular weight excluding hydrogens is 198 g/mol. The predicted octanol–water partition coefficient (Wildman–Crippen LogP) is -0.760. The number of nitrogens with two attached hydrogens (primary N) is 1. The Morgan fingerprint density at radius 3 is 2.23 bits per heavy atom.